The van der Waals surface area contributed by atoms with Crippen LogP contribution >= 0.6 is 0 Å². The van der Waals surface area contributed by atoms with Gasteiger partial charge < -0.3 is 51.2 Å². The van der Waals surface area contributed by atoms with E-state index in [1.165, 1.54) is 0 Å². The third kappa shape index (κ3) is 13.0. The molecule has 16 heteroatoms. The number of nitrogens with one attached hydrogen (secondary N) is 6. The molecule has 74 heavy (non-hydrogen) atoms. The summed E-state index contributed by atoms with van der Waals surface area (Å²) < 4.78 is 12.7. The van der Waals surface area contributed by atoms with Gasteiger partial charge in [-0.05, 0) is 125 Å². The van der Waals surface area contributed by atoms with E-state index < -0.39 is 48.3 Å². The third-order valence-corrected chi connectivity index (χ3v) is 16.6. The van der Waals surface area contributed by atoms with Crippen LogP contribution < -0.4 is 31.9 Å². The molecule has 0 bridgehead atoms. The van der Waals surface area contributed by atoms with Crippen molar-refractivity contribution >= 4 is 35.4 Å². The van der Waals surface area contributed by atoms with Crippen LogP contribution in [0.15, 0.2) is 48.5 Å². The Morgan fingerprint density at radius 1 is 0.554 bits per heavy atom. The molecule has 3 unspecified atom stereocenters. The maximum absolute atomic E-state index is 14.3. The molecule has 0 radical (unpaired) electrons. The second kappa shape index (κ2) is 26.1. The van der Waals surface area contributed by atoms with Crippen molar-refractivity contribution in [2.45, 2.75) is 177 Å². The van der Waals surface area contributed by atoms with Gasteiger partial charge in [0, 0.05) is 25.9 Å². The summed E-state index contributed by atoms with van der Waals surface area (Å²) in [7, 11) is 3.44. The van der Waals surface area contributed by atoms with Gasteiger partial charge in [-0.15, -0.1) is 0 Å². The molecule has 10 atom stereocenters. The van der Waals surface area contributed by atoms with E-state index in [-0.39, 0.29) is 72.7 Å². The quantitative estimate of drug-likeness (QED) is 0.119. The normalized spacial score (nSPS) is 25.2. The minimum Gasteiger partial charge on any atom is -0.363 e. The molecule has 2 aromatic rings. The van der Waals surface area contributed by atoms with Crippen LogP contribution in [0.1, 0.15) is 138 Å². The zero-order valence-electron chi connectivity index (χ0n) is 43.8. The SMILES string of the molecule is CN[C@H](C)C(=O)N[C@@H](C(=O)N1CCCC1C(=O)NC1c2ccccc2C[C@@H]1OCC#CC#CCO[C@H]1Cc2ccccc2[C@H]1NC(=O)C1CCCN1C(=O)[C@H](NC(=O)[C@@H](C)NC)C1CCCCC1)C1CCCCC1. The maximum Gasteiger partial charge on any atom is 0.246 e. The lowest BCUT2D eigenvalue weighted by Crippen LogP contribution is -2.58. The summed E-state index contributed by atoms with van der Waals surface area (Å²) in [5, 5.41) is 18.6. The summed E-state index contributed by atoms with van der Waals surface area (Å²) in [6, 6.07) is 11.5. The number of fused-ring (bicyclic) bond motifs is 2. The van der Waals surface area contributed by atoms with Gasteiger partial charge in [-0.3, -0.25) is 28.8 Å². The highest BCUT2D eigenvalue weighted by Gasteiger charge is 2.45. The number of hydrogen-bond donors (Lipinski definition) is 6. The van der Waals surface area contributed by atoms with Gasteiger partial charge in [-0.1, -0.05) is 98.9 Å². The molecule has 2 saturated carbocycles. The van der Waals surface area contributed by atoms with E-state index in [0.29, 0.717) is 51.6 Å². The van der Waals surface area contributed by atoms with E-state index in [4.69, 9.17) is 9.47 Å². The molecular weight excluding hydrogens is 937 g/mol. The molecule has 398 valence electrons. The molecule has 2 saturated heterocycles. The Bertz CT molecular complexity index is 2280. The molecule has 0 spiro atoms. The van der Waals surface area contributed by atoms with Crippen molar-refractivity contribution < 1.29 is 38.2 Å². The number of benzene rings is 2. The lowest BCUT2D eigenvalue weighted by atomic mass is 9.83. The van der Waals surface area contributed by atoms with Crippen LogP contribution in [0.25, 0.3) is 0 Å². The molecular formula is C58H78N8O8. The van der Waals surface area contributed by atoms with Crippen LogP contribution in [-0.4, -0.2) is 134 Å². The van der Waals surface area contributed by atoms with E-state index in [1.54, 1.807) is 37.7 Å². The molecule has 2 aliphatic heterocycles. The van der Waals surface area contributed by atoms with Crippen molar-refractivity contribution in [1.82, 2.24) is 41.7 Å². The Hall–Kier alpha value is -5.78. The average Bonchev–Trinajstić information content (AvgIpc) is 4.26. The number of nitrogens with zero attached hydrogens (tertiary/aromatic N) is 2. The molecule has 0 aromatic heterocycles. The number of hydrogen-bond acceptors (Lipinski definition) is 10. The minimum absolute atomic E-state index is 0.0261. The molecule has 6 aliphatic rings. The maximum atomic E-state index is 14.3. The number of ether oxygens (including phenoxy) is 2. The number of likely N-dealkylation sites (tertiary alicyclic amines) is 2. The summed E-state index contributed by atoms with van der Waals surface area (Å²) in [4.78, 5) is 86.6. The van der Waals surface area contributed by atoms with Crippen molar-refractivity contribution in [1.29, 1.82) is 0 Å². The van der Waals surface area contributed by atoms with Crippen LogP contribution in [0.2, 0.25) is 0 Å². The number of likely N-dealkylation sites (N-methyl/N-ethyl adjacent to an activating group) is 2. The Morgan fingerprint density at radius 2 is 0.946 bits per heavy atom. The largest absolute Gasteiger partial charge is 0.363 e. The van der Waals surface area contributed by atoms with Crippen molar-refractivity contribution in [3.8, 4) is 23.7 Å². The highest BCUT2D eigenvalue weighted by molar-refractivity contribution is 5.95. The first-order valence-corrected chi connectivity index (χ1v) is 27.5. The van der Waals surface area contributed by atoms with E-state index >= 15 is 0 Å². The second-order valence-corrected chi connectivity index (χ2v) is 21.2. The second-order valence-electron chi connectivity index (χ2n) is 21.2. The Morgan fingerprint density at radius 3 is 1.34 bits per heavy atom. The molecule has 8 rings (SSSR count). The zero-order valence-corrected chi connectivity index (χ0v) is 43.8. The molecule has 2 aromatic carbocycles. The van der Waals surface area contributed by atoms with Gasteiger partial charge in [0.2, 0.25) is 35.4 Å². The van der Waals surface area contributed by atoms with E-state index in [9.17, 15) is 28.8 Å². The number of carbonyl (C=O) groups excluding carboxylic acids is 6. The lowest BCUT2D eigenvalue weighted by molar-refractivity contribution is -0.143. The minimum atomic E-state index is -0.679. The first kappa shape index (κ1) is 54.5. The number of amides is 6. The monoisotopic (exact) mass is 1010 g/mol. The fraction of sp³-hybridized carbons (Fsp3) is 0.621. The standard InChI is InChI=1S/C58H78N8O8/c1-37(59-3)53(67)61-49(39-21-9-7-10-22-39)57(71)65-31-19-29-45(65)55(69)63-51-43-27-15-13-25-41(43)35-47(51)73-33-17-5-6-18-34-74-48-36-42-26-14-16-28-44(42)52(48)64-56(70)46-30-20-32-66(46)58(72)50(40-23-11-8-12-24-40)62-54(68)38(2)60-4/h13-16,25-28,37-40,45-52,59-60H,7-12,19-24,29-36H2,1-4H3,(H,61,67)(H,62,68)(H,63,69)(H,64,70)/t37-,38-,45?,46?,47+,48+,49-,50-,51-,52?/m1/s1. The van der Waals surface area contributed by atoms with Gasteiger partial charge in [0.15, 0.2) is 0 Å². The Labute approximate surface area is 437 Å². The van der Waals surface area contributed by atoms with Gasteiger partial charge in [-0.25, -0.2) is 0 Å². The summed E-state index contributed by atoms with van der Waals surface area (Å²) >= 11 is 0. The van der Waals surface area contributed by atoms with Crippen LogP contribution in [-0.2, 0) is 51.1 Å². The molecule has 2 heterocycles. The van der Waals surface area contributed by atoms with Crippen molar-refractivity contribution in [2.75, 3.05) is 40.4 Å². The van der Waals surface area contributed by atoms with Crippen LogP contribution in [0, 0.1) is 35.5 Å². The van der Waals surface area contributed by atoms with Gasteiger partial charge in [0.05, 0.1) is 36.4 Å². The lowest BCUT2D eigenvalue weighted by Gasteiger charge is -2.35. The predicted molar refractivity (Wildman–Crippen MR) is 281 cm³/mol. The van der Waals surface area contributed by atoms with Gasteiger partial charge in [0.1, 0.15) is 37.4 Å². The van der Waals surface area contributed by atoms with E-state index in [2.05, 4.69) is 55.6 Å². The Kier molecular flexibility index (Phi) is 19.2. The van der Waals surface area contributed by atoms with E-state index in [1.807, 2.05) is 48.5 Å². The van der Waals surface area contributed by atoms with Crippen molar-refractivity contribution in [3.63, 3.8) is 0 Å². The molecule has 4 aliphatic carbocycles. The highest BCUT2D eigenvalue weighted by Crippen LogP contribution is 2.37. The fourth-order valence-electron chi connectivity index (χ4n) is 12.2. The highest BCUT2D eigenvalue weighted by atomic mass is 16.5. The summed E-state index contributed by atoms with van der Waals surface area (Å²) in [5.41, 5.74) is 4.10. The summed E-state index contributed by atoms with van der Waals surface area (Å²) in [6.45, 7) is 4.62. The number of carbonyl (C=O) groups is 6. The smallest absolute Gasteiger partial charge is 0.246 e. The molecule has 6 amide bonds. The van der Waals surface area contributed by atoms with Gasteiger partial charge >= 0.3 is 0 Å². The number of rotatable bonds is 18. The molecule has 4 fully saturated rings. The zero-order chi connectivity index (χ0) is 52.1. The third-order valence-electron chi connectivity index (χ3n) is 16.6. The first-order valence-electron chi connectivity index (χ1n) is 27.5. The predicted octanol–water partition coefficient (Wildman–Crippen LogP) is 3.92. The first-order chi connectivity index (χ1) is 36.0. The van der Waals surface area contributed by atoms with E-state index in [0.717, 1.165) is 86.5 Å². The summed E-state index contributed by atoms with van der Waals surface area (Å²) in [6.07, 6.45) is 12.6. The van der Waals surface area contributed by atoms with Crippen LogP contribution in [0.4, 0.5) is 0 Å². The van der Waals surface area contributed by atoms with Crippen LogP contribution in [0.3, 0.4) is 0 Å². The van der Waals surface area contributed by atoms with Crippen LogP contribution in [0.5, 0.6) is 0 Å². The summed E-state index contributed by atoms with van der Waals surface area (Å²) in [5.74, 6) is 10.6. The Balaban J connectivity index is 0.858. The molecule has 16 nitrogen and oxygen atoms in total. The average molecular weight is 1020 g/mol. The topological polar surface area (TPSA) is 200 Å². The van der Waals surface area contributed by atoms with Crippen molar-refractivity contribution in [3.05, 3.63) is 70.8 Å². The van der Waals surface area contributed by atoms with Crippen molar-refractivity contribution in [2.24, 2.45) is 11.8 Å². The van der Waals surface area contributed by atoms with Gasteiger partial charge in [0.25, 0.3) is 0 Å². The fourth-order valence-corrected chi connectivity index (χ4v) is 12.2. The van der Waals surface area contributed by atoms with Gasteiger partial charge in [-0.2, -0.15) is 0 Å². The molecule has 6 N–H and O–H groups in total.